The number of piperidine rings is 1. The number of carbonyl (C=O) groups is 1. The number of hydrogen-bond acceptors (Lipinski definition) is 7. The van der Waals surface area contributed by atoms with Gasteiger partial charge in [-0.3, -0.25) is 9.89 Å². The molecule has 9 heteroatoms. The van der Waals surface area contributed by atoms with Gasteiger partial charge in [0.25, 0.3) is 0 Å². The molecule has 1 unspecified atom stereocenters. The Morgan fingerprint density at radius 3 is 3.07 bits per heavy atom. The zero-order valence-electron chi connectivity index (χ0n) is 16.3. The molecule has 2 fully saturated rings. The van der Waals surface area contributed by atoms with Crippen molar-refractivity contribution in [2.45, 2.75) is 38.1 Å². The third-order valence-electron chi connectivity index (χ3n) is 5.90. The molecule has 3 aromatic rings. The molecule has 0 amide bonds. The lowest BCUT2D eigenvalue weighted by molar-refractivity contribution is -0.121. The first-order valence-electron chi connectivity index (χ1n) is 10.4. The molecule has 29 heavy (non-hydrogen) atoms. The highest BCUT2D eigenvalue weighted by atomic mass is 16.1. The van der Waals surface area contributed by atoms with Gasteiger partial charge in [-0.15, -0.1) is 5.10 Å². The Morgan fingerprint density at radius 2 is 2.24 bits per heavy atom. The van der Waals surface area contributed by atoms with E-state index < -0.39 is 0 Å². The third-order valence-corrected chi connectivity index (χ3v) is 5.90. The maximum Gasteiger partial charge on any atom is 0.246 e. The lowest BCUT2D eigenvalue weighted by Crippen LogP contribution is -2.40. The van der Waals surface area contributed by atoms with Gasteiger partial charge in [0.05, 0.1) is 12.2 Å². The van der Waals surface area contributed by atoms with E-state index in [2.05, 4.69) is 30.8 Å². The van der Waals surface area contributed by atoms with Crippen molar-refractivity contribution in [2.24, 2.45) is 5.92 Å². The highest BCUT2D eigenvalue weighted by molar-refractivity contribution is 5.87. The first kappa shape index (κ1) is 18.1. The summed E-state index contributed by atoms with van der Waals surface area (Å²) < 4.78 is 1.81. The number of aromatic nitrogens is 5. The number of rotatable bonds is 6. The SMILES string of the molecule is O=C(CC1CCCNC1)[C@@H]1CCCN1c1nc(Nc2ccn[nH]2)c2cccn2n1. The van der Waals surface area contributed by atoms with Gasteiger partial charge in [0, 0.05) is 25.2 Å². The van der Waals surface area contributed by atoms with Gasteiger partial charge in [-0.25, -0.2) is 4.52 Å². The van der Waals surface area contributed by atoms with Crippen molar-refractivity contribution >= 4 is 28.9 Å². The number of nitrogens with zero attached hydrogens (tertiary/aromatic N) is 5. The molecule has 0 radical (unpaired) electrons. The minimum absolute atomic E-state index is 0.134. The molecule has 3 N–H and O–H groups in total. The number of H-pyrrole nitrogens is 1. The van der Waals surface area contributed by atoms with E-state index in [-0.39, 0.29) is 6.04 Å². The number of hydrogen-bond donors (Lipinski definition) is 3. The molecule has 0 saturated carbocycles. The van der Waals surface area contributed by atoms with Crippen molar-refractivity contribution in [1.82, 2.24) is 30.1 Å². The zero-order valence-corrected chi connectivity index (χ0v) is 16.3. The van der Waals surface area contributed by atoms with Gasteiger partial charge in [-0.2, -0.15) is 10.1 Å². The smallest absolute Gasteiger partial charge is 0.246 e. The summed E-state index contributed by atoms with van der Waals surface area (Å²) in [6.07, 6.45) is 8.37. The molecular formula is C20H26N8O. The Kier molecular flexibility index (Phi) is 4.89. The number of ketones is 1. The van der Waals surface area contributed by atoms with Crippen LogP contribution in [-0.4, -0.2) is 56.3 Å². The quantitative estimate of drug-likeness (QED) is 0.588. The number of fused-ring (bicyclic) bond motifs is 1. The van der Waals surface area contributed by atoms with Gasteiger partial charge < -0.3 is 15.5 Å². The summed E-state index contributed by atoms with van der Waals surface area (Å²) >= 11 is 0. The lowest BCUT2D eigenvalue weighted by atomic mass is 9.91. The molecule has 0 bridgehead atoms. The Morgan fingerprint density at radius 1 is 1.28 bits per heavy atom. The van der Waals surface area contributed by atoms with Gasteiger partial charge in [-0.1, -0.05) is 0 Å². The minimum Gasteiger partial charge on any atom is -0.329 e. The van der Waals surface area contributed by atoms with E-state index in [1.807, 2.05) is 28.9 Å². The van der Waals surface area contributed by atoms with E-state index in [0.29, 0.717) is 29.9 Å². The van der Waals surface area contributed by atoms with Crippen molar-refractivity contribution in [3.05, 3.63) is 30.6 Å². The number of Topliss-reactive ketones (excluding diaryl/α,β-unsaturated/α-hetero) is 1. The number of carbonyl (C=O) groups excluding carboxylic acids is 1. The maximum atomic E-state index is 13.1. The minimum atomic E-state index is -0.134. The molecule has 9 nitrogen and oxygen atoms in total. The lowest BCUT2D eigenvalue weighted by Gasteiger charge is -2.27. The van der Waals surface area contributed by atoms with Gasteiger partial charge >= 0.3 is 0 Å². The molecule has 0 aromatic carbocycles. The largest absolute Gasteiger partial charge is 0.329 e. The van der Waals surface area contributed by atoms with Crippen LogP contribution in [0, 0.1) is 5.92 Å². The van der Waals surface area contributed by atoms with E-state index in [1.165, 1.54) is 0 Å². The van der Waals surface area contributed by atoms with Crippen LogP contribution in [0.2, 0.25) is 0 Å². The van der Waals surface area contributed by atoms with Crippen LogP contribution in [0.25, 0.3) is 5.52 Å². The van der Waals surface area contributed by atoms with E-state index in [0.717, 1.165) is 56.7 Å². The van der Waals surface area contributed by atoms with E-state index in [4.69, 9.17) is 4.98 Å². The Hall–Kier alpha value is -2.94. The molecule has 152 valence electrons. The highest BCUT2D eigenvalue weighted by Gasteiger charge is 2.34. The zero-order chi connectivity index (χ0) is 19.6. The second kappa shape index (κ2) is 7.82. The first-order valence-corrected chi connectivity index (χ1v) is 10.4. The molecule has 0 aliphatic carbocycles. The standard InChI is InChI=1S/C20H26N8O/c29-17(12-14-4-1-8-21-13-14)15-5-2-10-27(15)20-24-19(23-18-7-9-22-25-18)16-6-3-11-28(16)26-20/h3,6-7,9,11,14-15,21H,1-2,4-5,8,10,12-13H2,(H2,22,23,24,25,26)/t14?,15-/m0/s1. The topological polar surface area (TPSA) is 103 Å². The molecule has 2 saturated heterocycles. The molecule has 5 rings (SSSR count). The van der Waals surface area contributed by atoms with Crippen LogP contribution < -0.4 is 15.5 Å². The molecule has 2 atom stereocenters. The van der Waals surface area contributed by atoms with Crippen molar-refractivity contribution < 1.29 is 4.79 Å². The molecule has 5 heterocycles. The van der Waals surface area contributed by atoms with Crippen LogP contribution in [0.15, 0.2) is 30.6 Å². The second-order valence-corrected chi connectivity index (χ2v) is 7.93. The fraction of sp³-hybridized carbons (Fsp3) is 0.500. The molecular weight excluding hydrogens is 368 g/mol. The maximum absolute atomic E-state index is 13.1. The fourth-order valence-electron chi connectivity index (χ4n) is 4.45. The summed E-state index contributed by atoms with van der Waals surface area (Å²) in [6, 6.07) is 5.62. The normalized spacial score (nSPS) is 22.3. The number of anilines is 3. The van der Waals surface area contributed by atoms with E-state index in [9.17, 15) is 4.79 Å². The van der Waals surface area contributed by atoms with Gasteiger partial charge in [0.1, 0.15) is 11.3 Å². The summed E-state index contributed by atoms with van der Waals surface area (Å²) in [4.78, 5) is 20.0. The molecule has 3 aromatic heterocycles. The summed E-state index contributed by atoms with van der Waals surface area (Å²) in [5.74, 6) is 2.81. The predicted octanol–water partition coefficient (Wildman–Crippen LogP) is 2.12. The van der Waals surface area contributed by atoms with Gasteiger partial charge in [0.2, 0.25) is 5.95 Å². The van der Waals surface area contributed by atoms with E-state index in [1.54, 1.807) is 6.20 Å². The van der Waals surface area contributed by atoms with Gasteiger partial charge in [-0.05, 0) is 56.8 Å². The summed E-state index contributed by atoms with van der Waals surface area (Å²) in [6.45, 7) is 2.81. The summed E-state index contributed by atoms with van der Waals surface area (Å²) in [5, 5.41) is 18.3. The Balaban J connectivity index is 1.40. The summed E-state index contributed by atoms with van der Waals surface area (Å²) in [7, 11) is 0. The van der Waals surface area contributed by atoms with Gasteiger partial charge in [0.15, 0.2) is 11.6 Å². The van der Waals surface area contributed by atoms with Crippen molar-refractivity contribution in [2.75, 3.05) is 29.9 Å². The van der Waals surface area contributed by atoms with Crippen LogP contribution in [-0.2, 0) is 4.79 Å². The summed E-state index contributed by atoms with van der Waals surface area (Å²) in [5.41, 5.74) is 0.874. The molecule has 2 aliphatic rings. The molecule has 0 spiro atoms. The van der Waals surface area contributed by atoms with Crippen LogP contribution in [0.1, 0.15) is 32.1 Å². The third kappa shape index (κ3) is 3.69. The monoisotopic (exact) mass is 394 g/mol. The fourth-order valence-corrected chi connectivity index (χ4v) is 4.45. The predicted molar refractivity (Wildman–Crippen MR) is 110 cm³/mol. The molecule has 2 aliphatic heterocycles. The van der Waals surface area contributed by atoms with Crippen molar-refractivity contribution in [3.63, 3.8) is 0 Å². The highest BCUT2D eigenvalue weighted by Crippen LogP contribution is 2.28. The number of aromatic amines is 1. The average molecular weight is 394 g/mol. The van der Waals surface area contributed by atoms with Crippen LogP contribution >= 0.6 is 0 Å². The van der Waals surface area contributed by atoms with Crippen LogP contribution in [0.3, 0.4) is 0 Å². The van der Waals surface area contributed by atoms with Crippen LogP contribution in [0.5, 0.6) is 0 Å². The first-order chi connectivity index (χ1) is 14.3. The second-order valence-electron chi connectivity index (χ2n) is 7.93. The van der Waals surface area contributed by atoms with Crippen molar-refractivity contribution in [3.8, 4) is 0 Å². The Labute approximate surface area is 168 Å². The van der Waals surface area contributed by atoms with Crippen molar-refractivity contribution in [1.29, 1.82) is 0 Å². The Bertz CT molecular complexity index is 976. The van der Waals surface area contributed by atoms with E-state index >= 15 is 0 Å². The number of nitrogens with one attached hydrogen (secondary N) is 3. The average Bonchev–Trinajstić information content (AvgIpc) is 3.49. The van der Waals surface area contributed by atoms with Crippen LogP contribution in [0.4, 0.5) is 17.6 Å².